The molecule has 0 radical (unpaired) electrons. The van der Waals surface area contributed by atoms with Gasteiger partial charge < -0.3 is 10.8 Å². The highest BCUT2D eigenvalue weighted by Crippen LogP contribution is 2.13. The van der Waals surface area contributed by atoms with Crippen molar-refractivity contribution in [3.8, 4) is 0 Å². The second kappa shape index (κ2) is 5.11. The molecular formula is C8H10ClF2NO. The van der Waals surface area contributed by atoms with Gasteiger partial charge in [-0.25, -0.2) is 8.78 Å². The Kier molecular flexibility index (Phi) is 4.83. The molecule has 1 aromatic rings. The minimum atomic E-state index is -0.727. The first kappa shape index (κ1) is 12.3. The van der Waals surface area contributed by atoms with E-state index in [1.54, 1.807) is 0 Å². The van der Waals surface area contributed by atoms with Gasteiger partial charge >= 0.3 is 0 Å². The lowest BCUT2D eigenvalue weighted by Crippen LogP contribution is -2.14. The van der Waals surface area contributed by atoms with Crippen LogP contribution in [0.3, 0.4) is 0 Å². The van der Waals surface area contributed by atoms with E-state index in [2.05, 4.69) is 0 Å². The second-order valence-electron chi connectivity index (χ2n) is 2.49. The van der Waals surface area contributed by atoms with Gasteiger partial charge in [0.15, 0.2) is 0 Å². The molecule has 0 aliphatic carbocycles. The number of benzene rings is 1. The maximum Gasteiger partial charge on any atom is 0.126 e. The minimum absolute atomic E-state index is 0. The molecule has 1 rings (SSSR count). The molecule has 74 valence electrons. The van der Waals surface area contributed by atoms with Crippen molar-refractivity contribution in [3.05, 3.63) is 35.4 Å². The number of hydrogen-bond donors (Lipinski definition) is 2. The zero-order valence-corrected chi connectivity index (χ0v) is 7.52. The fraction of sp³-hybridized carbons (Fsp3) is 0.250. The van der Waals surface area contributed by atoms with Crippen molar-refractivity contribution in [1.29, 1.82) is 0 Å². The molecule has 0 fully saturated rings. The number of aliphatic hydroxyl groups is 1. The van der Waals surface area contributed by atoms with Crippen LogP contribution >= 0.6 is 12.4 Å². The lowest BCUT2D eigenvalue weighted by molar-refractivity contribution is 0.267. The first-order valence-electron chi connectivity index (χ1n) is 3.46. The van der Waals surface area contributed by atoms with Crippen molar-refractivity contribution in [2.45, 2.75) is 6.04 Å². The Labute approximate surface area is 80.8 Å². The quantitative estimate of drug-likeness (QED) is 0.773. The van der Waals surface area contributed by atoms with Crippen LogP contribution in [0.15, 0.2) is 18.2 Å². The summed E-state index contributed by atoms with van der Waals surface area (Å²) in [5.74, 6) is -1.37. The van der Waals surface area contributed by atoms with Gasteiger partial charge in [-0.15, -0.1) is 12.4 Å². The van der Waals surface area contributed by atoms with Crippen LogP contribution in [-0.4, -0.2) is 11.7 Å². The molecule has 0 aliphatic heterocycles. The summed E-state index contributed by atoms with van der Waals surface area (Å²) in [6.45, 7) is -0.330. The predicted molar refractivity (Wildman–Crippen MR) is 47.6 cm³/mol. The Morgan fingerprint density at radius 2 is 1.69 bits per heavy atom. The van der Waals surface area contributed by atoms with Crippen LogP contribution in [0.4, 0.5) is 8.78 Å². The normalized spacial score (nSPS) is 12.0. The van der Waals surface area contributed by atoms with Gasteiger partial charge in [0.25, 0.3) is 0 Å². The fourth-order valence-corrected chi connectivity index (χ4v) is 0.895. The summed E-state index contributed by atoms with van der Waals surface area (Å²) in [7, 11) is 0. The lowest BCUT2D eigenvalue weighted by Gasteiger charge is -2.07. The molecule has 2 nitrogen and oxygen atoms in total. The van der Waals surface area contributed by atoms with Crippen molar-refractivity contribution >= 4 is 12.4 Å². The van der Waals surface area contributed by atoms with Crippen molar-refractivity contribution in [1.82, 2.24) is 0 Å². The second-order valence-corrected chi connectivity index (χ2v) is 2.49. The fourth-order valence-electron chi connectivity index (χ4n) is 0.895. The maximum atomic E-state index is 12.5. The van der Waals surface area contributed by atoms with Gasteiger partial charge in [0, 0.05) is 6.07 Å². The molecule has 0 aliphatic rings. The molecule has 0 spiro atoms. The zero-order chi connectivity index (χ0) is 9.14. The van der Waals surface area contributed by atoms with E-state index in [0.29, 0.717) is 0 Å². The number of rotatable bonds is 2. The van der Waals surface area contributed by atoms with E-state index in [-0.39, 0.29) is 24.6 Å². The summed E-state index contributed by atoms with van der Waals surface area (Å²) >= 11 is 0. The Hall–Kier alpha value is -0.710. The first-order chi connectivity index (χ1) is 5.63. The smallest absolute Gasteiger partial charge is 0.126 e. The number of halogens is 3. The van der Waals surface area contributed by atoms with Gasteiger partial charge in [-0.1, -0.05) is 0 Å². The van der Waals surface area contributed by atoms with Gasteiger partial charge in [-0.05, 0) is 17.7 Å². The van der Waals surface area contributed by atoms with Crippen LogP contribution in [-0.2, 0) is 0 Å². The van der Waals surface area contributed by atoms with Crippen molar-refractivity contribution in [2.24, 2.45) is 5.73 Å². The monoisotopic (exact) mass is 209 g/mol. The highest BCUT2D eigenvalue weighted by Gasteiger charge is 2.07. The molecule has 13 heavy (non-hydrogen) atoms. The first-order valence-corrected chi connectivity index (χ1v) is 3.46. The maximum absolute atomic E-state index is 12.5. The highest BCUT2D eigenvalue weighted by atomic mass is 35.5. The molecule has 0 amide bonds. The minimum Gasteiger partial charge on any atom is -0.394 e. The summed E-state index contributed by atoms with van der Waals surface area (Å²) in [5, 5.41) is 8.60. The molecule has 0 bridgehead atoms. The molecule has 1 unspecified atom stereocenters. The van der Waals surface area contributed by atoms with E-state index in [1.165, 1.54) is 0 Å². The van der Waals surface area contributed by atoms with Gasteiger partial charge in [0.2, 0.25) is 0 Å². The Morgan fingerprint density at radius 3 is 2.08 bits per heavy atom. The molecule has 0 heterocycles. The molecule has 0 aromatic heterocycles. The van der Waals surface area contributed by atoms with Crippen LogP contribution in [0.5, 0.6) is 0 Å². The Morgan fingerprint density at radius 1 is 1.23 bits per heavy atom. The van der Waals surface area contributed by atoms with Crippen LogP contribution in [0.25, 0.3) is 0 Å². The zero-order valence-electron chi connectivity index (χ0n) is 6.71. The summed E-state index contributed by atoms with van der Waals surface area (Å²) < 4.78 is 25.1. The standard InChI is InChI=1S/C8H9F2NO.ClH/c9-6-1-5(8(11)4-12)2-7(10)3-6;/h1-3,8,12H,4,11H2;1H. The van der Waals surface area contributed by atoms with E-state index in [4.69, 9.17) is 10.8 Å². The van der Waals surface area contributed by atoms with E-state index in [0.717, 1.165) is 18.2 Å². The SMILES string of the molecule is Cl.NC(CO)c1cc(F)cc(F)c1. The third-order valence-corrected chi connectivity index (χ3v) is 1.51. The molecule has 1 aromatic carbocycles. The van der Waals surface area contributed by atoms with E-state index in [9.17, 15) is 8.78 Å². The molecule has 0 saturated carbocycles. The van der Waals surface area contributed by atoms with Crippen LogP contribution in [0.1, 0.15) is 11.6 Å². The predicted octanol–water partition coefficient (Wildman–Crippen LogP) is 1.38. The summed E-state index contributed by atoms with van der Waals surface area (Å²) in [6, 6.07) is 2.23. The molecular weight excluding hydrogens is 200 g/mol. The Bertz CT molecular complexity index is 263. The molecule has 5 heteroatoms. The number of hydrogen-bond acceptors (Lipinski definition) is 2. The van der Waals surface area contributed by atoms with Crippen molar-refractivity contribution < 1.29 is 13.9 Å². The van der Waals surface area contributed by atoms with Crippen LogP contribution in [0, 0.1) is 11.6 Å². The van der Waals surface area contributed by atoms with Crippen molar-refractivity contribution in [3.63, 3.8) is 0 Å². The summed E-state index contributed by atoms with van der Waals surface area (Å²) in [4.78, 5) is 0. The summed E-state index contributed by atoms with van der Waals surface area (Å²) in [6.07, 6.45) is 0. The Balaban J connectivity index is 0.00000144. The van der Waals surface area contributed by atoms with Gasteiger partial charge in [0.1, 0.15) is 11.6 Å². The average molecular weight is 210 g/mol. The van der Waals surface area contributed by atoms with Gasteiger partial charge in [-0.3, -0.25) is 0 Å². The molecule has 1 atom stereocenters. The molecule has 0 saturated heterocycles. The van der Waals surface area contributed by atoms with Crippen molar-refractivity contribution in [2.75, 3.05) is 6.61 Å². The molecule has 3 N–H and O–H groups in total. The topological polar surface area (TPSA) is 46.2 Å². The third kappa shape index (κ3) is 3.26. The third-order valence-electron chi connectivity index (χ3n) is 1.51. The summed E-state index contributed by atoms with van der Waals surface area (Å²) in [5.41, 5.74) is 5.61. The van der Waals surface area contributed by atoms with Crippen LogP contribution < -0.4 is 5.73 Å². The van der Waals surface area contributed by atoms with E-state index >= 15 is 0 Å². The van der Waals surface area contributed by atoms with Gasteiger partial charge in [-0.2, -0.15) is 0 Å². The average Bonchev–Trinajstić information content (AvgIpc) is 2.01. The number of aliphatic hydroxyl groups excluding tert-OH is 1. The largest absolute Gasteiger partial charge is 0.394 e. The lowest BCUT2D eigenvalue weighted by atomic mass is 10.1. The van der Waals surface area contributed by atoms with Gasteiger partial charge in [0.05, 0.1) is 12.6 Å². The van der Waals surface area contributed by atoms with Crippen LogP contribution in [0.2, 0.25) is 0 Å². The highest BCUT2D eigenvalue weighted by molar-refractivity contribution is 5.85. The number of nitrogens with two attached hydrogens (primary N) is 1. The van der Waals surface area contributed by atoms with E-state index < -0.39 is 17.7 Å². The van der Waals surface area contributed by atoms with E-state index in [1.807, 2.05) is 0 Å².